The topological polar surface area (TPSA) is 50.4 Å². The molecule has 2 N–H and O–H groups in total. The van der Waals surface area contributed by atoms with Crippen molar-refractivity contribution in [3.8, 4) is 5.75 Å². The maximum atomic E-state index is 11.9. The van der Waals surface area contributed by atoms with E-state index in [4.69, 9.17) is 4.74 Å². The third-order valence-electron chi connectivity index (χ3n) is 3.39. The maximum absolute atomic E-state index is 11.9. The molecule has 1 atom stereocenters. The van der Waals surface area contributed by atoms with Crippen LogP contribution in [0.3, 0.4) is 0 Å². The van der Waals surface area contributed by atoms with Gasteiger partial charge in [0, 0.05) is 6.42 Å². The van der Waals surface area contributed by atoms with Crippen molar-refractivity contribution >= 4 is 21.8 Å². The molecule has 1 aromatic carbocycles. The fourth-order valence-corrected chi connectivity index (χ4v) is 2.65. The van der Waals surface area contributed by atoms with E-state index < -0.39 is 0 Å². The first-order valence-corrected chi connectivity index (χ1v) is 7.23. The van der Waals surface area contributed by atoms with Crippen LogP contribution in [0.25, 0.3) is 0 Å². The van der Waals surface area contributed by atoms with Gasteiger partial charge in [0.1, 0.15) is 5.75 Å². The number of amides is 1. The number of ether oxygens (including phenoxy) is 1. The van der Waals surface area contributed by atoms with Crippen molar-refractivity contribution < 1.29 is 9.53 Å². The van der Waals surface area contributed by atoms with Gasteiger partial charge in [0.15, 0.2) is 0 Å². The normalized spacial score (nSPS) is 16.6. The summed E-state index contributed by atoms with van der Waals surface area (Å²) < 4.78 is 6.09. The van der Waals surface area contributed by atoms with E-state index in [9.17, 15) is 4.79 Å². The highest BCUT2D eigenvalue weighted by Crippen LogP contribution is 2.28. The van der Waals surface area contributed by atoms with Crippen molar-refractivity contribution in [3.05, 3.63) is 28.2 Å². The molecule has 0 saturated carbocycles. The zero-order chi connectivity index (χ0) is 13.8. The highest BCUT2D eigenvalue weighted by atomic mass is 79.9. The molecular weight excluding hydrogens is 308 g/mol. The Kier molecular flexibility index (Phi) is 4.82. The molecule has 1 aliphatic rings. The Morgan fingerprint density at radius 2 is 2.32 bits per heavy atom. The molecule has 5 heteroatoms. The molecule has 0 spiro atoms. The van der Waals surface area contributed by atoms with Gasteiger partial charge in [-0.25, -0.2) is 0 Å². The van der Waals surface area contributed by atoms with Crippen LogP contribution in [0.4, 0.5) is 0 Å². The van der Waals surface area contributed by atoms with E-state index in [0.717, 1.165) is 28.9 Å². The van der Waals surface area contributed by atoms with Crippen LogP contribution in [0.15, 0.2) is 22.7 Å². The summed E-state index contributed by atoms with van der Waals surface area (Å²) in [5.74, 6) is 1.41. The van der Waals surface area contributed by atoms with Crippen LogP contribution in [0.5, 0.6) is 5.75 Å². The molecule has 1 unspecified atom stereocenters. The second kappa shape index (κ2) is 6.39. The lowest BCUT2D eigenvalue weighted by Crippen LogP contribution is -2.44. The Morgan fingerprint density at radius 1 is 1.58 bits per heavy atom. The fraction of sp³-hybridized carbons (Fsp3) is 0.500. The average Bonchev–Trinajstić information content (AvgIpc) is 2.33. The fourth-order valence-electron chi connectivity index (χ4n) is 2.09. The monoisotopic (exact) mass is 326 g/mol. The van der Waals surface area contributed by atoms with Crippen LogP contribution < -0.4 is 15.4 Å². The smallest absolute Gasteiger partial charge is 0.220 e. The first-order valence-electron chi connectivity index (χ1n) is 6.43. The zero-order valence-electron chi connectivity index (χ0n) is 11.2. The minimum absolute atomic E-state index is 0.00254. The number of benzene rings is 1. The summed E-state index contributed by atoms with van der Waals surface area (Å²) in [4.78, 5) is 11.9. The molecule has 19 heavy (non-hydrogen) atoms. The molecule has 0 radical (unpaired) electrons. The molecular formula is C14H19BrN2O2. The predicted molar refractivity (Wildman–Crippen MR) is 78.2 cm³/mol. The highest BCUT2D eigenvalue weighted by Gasteiger charge is 2.21. The summed E-state index contributed by atoms with van der Waals surface area (Å²) in [5, 5.41) is 6.20. The second-order valence-electron chi connectivity index (χ2n) is 4.91. The van der Waals surface area contributed by atoms with Gasteiger partial charge < -0.3 is 15.4 Å². The van der Waals surface area contributed by atoms with Crippen molar-refractivity contribution in [1.82, 2.24) is 10.6 Å². The minimum Gasteiger partial charge on any atom is -0.496 e. The number of methoxy groups -OCH3 is 1. The van der Waals surface area contributed by atoms with Crippen LogP contribution in [0.2, 0.25) is 0 Å². The maximum Gasteiger partial charge on any atom is 0.220 e. The van der Waals surface area contributed by atoms with Crippen molar-refractivity contribution in [2.45, 2.75) is 19.4 Å². The van der Waals surface area contributed by atoms with Gasteiger partial charge in [-0.1, -0.05) is 6.07 Å². The van der Waals surface area contributed by atoms with Crippen LogP contribution in [0.1, 0.15) is 24.9 Å². The minimum atomic E-state index is 0.00254. The zero-order valence-corrected chi connectivity index (χ0v) is 12.8. The first-order chi connectivity index (χ1) is 9.10. The van der Waals surface area contributed by atoms with Gasteiger partial charge in [-0.15, -0.1) is 0 Å². The molecule has 1 amide bonds. The lowest BCUT2D eigenvalue weighted by atomic mass is 9.98. The van der Waals surface area contributed by atoms with E-state index in [2.05, 4.69) is 26.6 Å². The lowest BCUT2D eigenvalue weighted by molar-refractivity contribution is -0.123. The number of nitrogens with one attached hydrogen (secondary N) is 2. The number of rotatable bonds is 5. The van der Waals surface area contributed by atoms with Gasteiger partial charge in [0.05, 0.1) is 17.6 Å². The van der Waals surface area contributed by atoms with E-state index in [1.54, 1.807) is 7.11 Å². The van der Waals surface area contributed by atoms with E-state index in [-0.39, 0.29) is 11.9 Å². The summed E-state index contributed by atoms with van der Waals surface area (Å²) in [6.07, 6.45) is 0.606. The number of halogens is 1. The Labute approximate surface area is 122 Å². The van der Waals surface area contributed by atoms with Gasteiger partial charge in [-0.3, -0.25) is 4.79 Å². The van der Waals surface area contributed by atoms with Gasteiger partial charge in [0.2, 0.25) is 5.91 Å². The molecule has 1 fully saturated rings. The lowest BCUT2D eigenvalue weighted by Gasteiger charge is -2.27. The molecule has 0 bridgehead atoms. The number of hydrogen-bond donors (Lipinski definition) is 2. The molecule has 2 rings (SSSR count). The van der Waals surface area contributed by atoms with Crippen LogP contribution in [0, 0.1) is 5.92 Å². The first kappa shape index (κ1) is 14.3. The van der Waals surface area contributed by atoms with Gasteiger partial charge in [-0.2, -0.15) is 0 Å². The van der Waals surface area contributed by atoms with Gasteiger partial charge in [-0.05, 0) is 59.6 Å². The summed E-state index contributed by atoms with van der Waals surface area (Å²) in [5.41, 5.74) is 1.06. The number of hydrogen-bond acceptors (Lipinski definition) is 3. The van der Waals surface area contributed by atoms with E-state index >= 15 is 0 Å². The van der Waals surface area contributed by atoms with Crippen molar-refractivity contribution in [1.29, 1.82) is 0 Å². The Hall–Kier alpha value is -1.07. The molecule has 1 aromatic rings. The third kappa shape index (κ3) is 3.70. The largest absolute Gasteiger partial charge is 0.496 e. The van der Waals surface area contributed by atoms with Crippen LogP contribution in [-0.4, -0.2) is 26.1 Å². The molecule has 0 aromatic heterocycles. The average molecular weight is 327 g/mol. The van der Waals surface area contributed by atoms with Crippen molar-refractivity contribution in [2.24, 2.45) is 5.92 Å². The molecule has 1 saturated heterocycles. The van der Waals surface area contributed by atoms with Crippen molar-refractivity contribution in [3.63, 3.8) is 0 Å². The van der Waals surface area contributed by atoms with E-state index in [1.165, 1.54) is 0 Å². The van der Waals surface area contributed by atoms with Gasteiger partial charge >= 0.3 is 0 Å². The summed E-state index contributed by atoms with van der Waals surface area (Å²) in [6.45, 7) is 3.90. The molecule has 4 nitrogen and oxygen atoms in total. The van der Waals surface area contributed by atoms with Gasteiger partial charge in [0.25, 0.3) is 0 Å². The standard InChI is InChI=1S/C14H19BrN2O2/c1-9(17-14(18)5-10-7-16-8-10)11-3-4-13(19-2)12(15)6-11/h3-4,6,9-10,16H,5,7-8H2,1-2H3,(H,17,18). The quantitative estimate of drug-likeness (QED) is 0.872. The second-order valence-corrected chi connectivity index (χ2v) is 5.77. The highest BCUT2D eigenvalue weighted by molar-refractivity contribution is 9.10. The van der Waals surface area contributed by atoms with Crippen LogP contribution in [-0.2, 0) is 4.79 Å². The Morgan fingerprint density at radius 3 is 2.84 bits per heavy atom. The SMILES string of the molecule is COc1ccc(C(C)NC(=O)CC2CNC2)cc1Br. The number of carbonyl (C=O) groups is 1. The molecule has 104 valence electrons. The summed E-state index contributed by atoms with van der Waals surface area (Å²) in [7, 11) is 1.64. The molecule has 1 heterocycles. The van der Waals surface area contributed by atoms with E-state index in [0.29, 0.717) is 12.3 Å². The summed E-state index contributed by atoms with van der Waals surface area (Å²) in [6, 6.07) is 5.86. The van der Waals surface area contributed by atoms with Crippen molar-refractivity contribution in [2.75, 3.05) is 20.2 Å². The Balaban J connectivity index is 1.92. The predicted octanol–water partition coefficient (Wildman–Crippen LogP) is 2.24. The summed E-state index contributed by atoms with van der Waals surface area (Å²) >= 11 is 3.46. The molecule has 1 aliphatic heterocycles. The Bertz CT molecular complexity index is 461. The van der Waals surface area contributed by atoms with E-state index in [1.807, 2.05) is 25.1 Å². The third-order valence-corrected chi connectivity index (χ3v) is 4.01. The van der Waals surface area contributed by atoms with Crippen LogP contribution >= 0.6 is 15.9 Å². The number of carbonyl (C=O) groups excluding carboxylic acids is 1. The molecule has 0 aliphatic carbocycles.